The zero-order valence-corrected chi connectivity index (χ0v) is 16.0. The minimum atomic E-state index is -0.790. The van der Waals surface area contributed by atoms with Gasteiger partial charge in [0.05, 0.1) is 6.10 Å². The molecule has 0 aromatic rings. The Morgan fingerprint density at radius 2 is 2.04 bits per heavy atom. The van der Waals surface area contributed by atoms with E-state index in [4.69, 9.17) is 17.3 Å². The molecule has 1 heterocycles. The Hall–Kier alpha value is -1.47. The van der Waals surface area contributed by atoms with E-state index in [0.29, 0.717) is 43.3 Å². The van der Waals surface area contributed by atoms with Crippen LogP contribution in [-0.4, -0.2) is 50.8 Å². The van der Waals surface area contributed by atoms with Gasteiger partial charge in [-0.15, -0.1) is 0 Å². The van der Waals surface area contributed by atoms with Gasteiger partial charge in [-0.25, -0.2) is 0 Å². The van der Waals surface area contributed by atoms with Crippen molar-refractivity contribution in [2.24, 2.45) is 5.92 Å². The minimum Gasteiger partial charge on any atom is -0.481 e. The van der Waals surface area contributed by atoms with E-state index in [1.165, 1.54) is 19.3 Å². The number of carboxylic acid groups (broad SMARTS) is 1. The number of unbranched alkanes of at least 4 members (excludes halogenated alkanes) is 1. The minimum absolute atomic E-state index is 0.0997. The van der Waals surface area contributed by atoms with Crippen molar-refractivity contribution in [3.8, 4) is 0 Å². The number of carbonyl (C=O) groups excluding carboxylic acids is 1. The molecule has 1 saturated carbocycles. The van der Waals surface area contributed by atoms with E-state index >= 15 is 0 Å². The lowest BCUT2D eigenvalue weighted by Gasteiger charge is -2.29. The highest BCUT2D eigenvalue weighted by atomic mass is 32.1. The molecule has 2 unspecified atom stereocenters. The molecule has 1 aliphatic heterocycles. The fraction of sp³-hybridized carbons (Fsp3) is 0.737. The van der Waals surface area contributed by atoms with Crippen molar-refractivity contribution < 1.29 is 19.8 Å². The average Bonchev–Trinajstić information content (AvgIpc) is 2.89. The first-order chi connectivity index (χ1) is 12.5. The Labute approximate surface area is 160 Å². The lowest BCUT2D eigenvalue weighted by Crippen LogP contribution is -2.38. The Kier molecular flexibility index (Phi) is 8.51. The summed E-state index contributed by atoms with van der Waals surface area (Å²) in [7, 11) is 0. The van der Waals surface area contributed by atoms with Crippen molar-refractivity contribution >= 4 is 29.2 Å². The summed E-state index contributed by atoms with van der Waals surface area (Å²) in [4.78, 5) is 24.5. The van der Waals surface area contributed by atoms with Crippen LogP contribution in [0.4, 0.5) is 0 Å². The van der Waals surface area contributed by atoms with Crippen LogP contribution in [0.1, 0.15) is 64.2 Å². The summed E-state index contributed by atoms with van der Waals surface area (Å²) in [5.41, 5.74) is 0. The SMILES string of the molecule is O=C(O)CCC/C=C\CC1C(=O)NC(=S)N1CCC(O)C1CCCCC1. The molecule has 0 aromatic heterocycles. The van der Waals surface area contributed by atoms with E-state index in [1.54, 1.807) is 0 Å². The van der Waals surface area contributed by atoms with Gasteiger partial charge in [0.25, 0.3) is 0 Å². The third-order valence-corrected chi connectivity index (χ3v) is 5.65. The molecule has 1 amide bonds. The maximum Gasteiger partial charge on any atom is 0.303 e. The fourth-order valence-electron chi connectivity index (χ4n) is 3.78. The lowest BCUT2D eigenvalue weighted by molar-refractivity contribution is -0.137. The second-order valence-corrected chi connectivity index (χ2v) is 7.64. The summed E-state index contributed by atoms with van der Waals surface area (Å²) in [5.74, 6) is -0.518. The standard InChI is InChI=1S/C19H30N2O4S/c22-16(14-8-4-3-5-9-14)12-13-21-15(18(25)20-19(21)26)10-6-1-2-7-11-17(23)24/h1,6,14-16,22H,2-5,7-13H2,(H,23,24)(H,20,25,26)/b6-1-. The number of nitrogens with one attached hydrogen (secondary N) is 1. The van der Waals surface area contributed by atoms with Gasteiger partial charge >= 0.3 is 5.97 Å². The number of aliphatic carboxylic acids is 1. The molecule has 0 spiro atoms. The number of aliphatic hydroxyl groups is 1. The molecule has 6 nitrogen and oxygen atoms in total. The fourth-order valence-corrected chi connectivity index (χ4v) is 4.09. The van der Waals surface area contributed by atoms with Gasteiger partial charge in [-0.05, 0) is 56.7 Å². The van der Waals surface area contributed by atoms with Crippen LogP contribution in [-0.2, 0) is 9.59 Å². The summed E-state index contributed by atoms with van der Waals surface area (Å²) < 4.78 is 0. The number of carbonyl (C=O) groups is 2. The van der Waals surface area contributed by atoms with Crippen LogP contribution < -0.4 is 5.32 Å². The Bertz CT molecular complexity index is 532. The molecule has 3 N–H and O–H groups in total. The van der Waals surface area contributed by atoms with Crippen LogP contribution in [0.2, 0.25) is 0 Å². The van der Waals surface area contributed by atoms with Crippen molar-refractivity contribution in [1.82, 2.24) is 10.2 Å². The number of rotatable bonds is 10. The summed E-state index contributed by atoms with van der Waals surface area (Å²) in [5, 5.41) is 22.2. The van der Waals surface area contributed by atoms with Crippen LogP contribution in [0.15, 0.2) is 12.2 Å². The third-order valence-electron chi connectivity index (χ3n) is 5.32. The quantitative estimate of drug-likeness (QED) is 0.306. The third kappa shape index (κ3) is 6.36. The number of aliphatic hydroxyl groups excluding tert-OH is 1. The lowest BCUT2D eigenvalue weighted by atomic mass is 9.84. The van der Waals surface area contributed by atoms with Gasteiger partial charge < -0.3 is 20.4 Å². The molecule has 146 valence electrons. The second-order valence-electron chi connectivity index (χ2n) is 7.25. The summed E-state index contributed by atoms with van der Waals surface area (Å²) >= 11 is 5.28. The zero-order chi connectivity index (χ0) is 18.9. The Morgan fingerprint density at radius 3 is 2.73 bits per heavy atom. The van der Waals surface area contributed by atoms with Crippen molar-refractivity contribution in [3.05, 3.63) is 12.2 Å². The van der Waals surface area contributed by atoms with Gasteiger partial charge in [-0.3, -0.25) is 9.59 Å². The highest BCUT2D eigenvalue weighted by Gasteiger charge is 2.35. The molecule has 1 aliphatic carbocycles. The predicted molar refractivity (Wildman–Crippen MR) is 104 cm³/mol. The number of hydrogen-bond acceptors (Lipinski definition) is 4. The number of amides is 1. The van der Waals surface area contributed by atoms with Crippen LogP contribution in [0.3, 0.4) is 0 Å². The van der Waals surface area contributed by atoms with Gasteiger partial charge in [0.1, 0.15) is 6.04 Å². The second kappa shape index (κ2) is 10.6. The van der Waals surface area contributed by atoms with E-state index in [-0.39, 0.29) is 24.5 Å². The van der Waals surface area contributed by atoms with Crippen molar-refractivity contribution in [3.63, 3.8) is 0 Å². The first-order valence-electron chi connectivity index (χ1n) is 9.65. The van der Waals surface area contributed by atoms with Crippen molar-refractivity contribution in [1.29, 1.82) is 0 Å². The average molecular weight is 383 g/mol. The molecule has 7 heteroatoms. The monoisotopic (exact) mass is 382 g/mol. The molecule has 1 saturated heterocycles. The normalized spacial score (nSPS) is 22.8. The largest absolute Gasteiger partial charge is 0.481 e. The number of thiocarbonyl (C=S) groups is 1. The smallest absolute Gasteiger partial charge is 0.303 e. The highest BCUT2D eigenvalue weighted by Crippen LogP contribution is 2.28. The van der Waals surface area contributed by atoms with Gasteiger partial charge in [-0.2, -0.15) is 0 Å². The molecular weight excluding hydrogens is 352 g/mol. The highest BCUT2D eigenvalue weighted by molar-refractivity contribution is 7.80. The van der Waals surface area contributed by atoms with Crippen LogP contribution in [0.25, 0.3) is 0 Å². The van der Waals surface area contributed by atoms with Crippen LogP contribution in [0.5, 0.6) is 0 Å². The van der Waals surface area contributed by atoms with Crippen molar-refractivity contribution in [2.75, 3.05) is 6.54 Å². The number of carboxylic acids is 1. The van der Waals surface area contributed by atoms with Gasteiger partial charge in [0, 0.05) is 13.0 Å². The molecular formula is C19H30N2O4S. The summed E-state index contributed by atoms with van der Waals surface area (Å²) in [6.45, 7) is 0.576. The first kappa shape index (κ1) is 20.8. The van der Waals surface area contributed by atoms with Crippen LogP contribution >= 0.6 is 12.2 Å². The van der Waals surface area contributed by atoms with E-state index in [2.05, 4.69) is 5.32 Å². The molecule has 2 atom stereocenters. The molecule has 2 aliphatic rings. The van der Waals surface area contributed by atoms with Gasteiger partial charge in [-0.1, -0.05) is 31.4 Å². The maximum absolute atomic E-state index is 12.1. The molecule has 2 rings (SSSR count). The summed E-state index contributed by atoms with van der Waals surface area (Å²) in [6.07, 6.45) is 11.9. The Morgan fingerprint density at radius 1 is 1.31 bits per heavy atom. The molecule has 0 aromatic carbocycles. The number of allylic oxidation sites excluding steroid dienone is 1. The van der Waals surface area contributed by atoms with E-state index < -0.39 is 5.97 Å². The molecule has 0 radical (unpaired) electrons. The first-order valence-corrected chi connectivity index (χ1v) is 10.1. The maximum atomic E-state index is 12.1. The van der Waals surface area contributed by atoms with Gasteiger partial charge in [0.2, 0.25) is 5.91 Å². The van der Waals surface area contributed by atoms with E-state index in [0.717, 1.165) is 12.8 Å². The van der Waals surface area contributed by atoms with Crippen LogP contribution in [0, 0.1) is 5.92 Å². The topological polar surface area (TPSA) is 89.9 Å². The number of hydrogen-bond donors (Lipinski definition) is 3. The molecule has 0 bridgehead atoms. The molecule has 26 heavy (non-hydrogen) atoms. The van der Waals surface area contributed by atoms with Crippen molar-refractivity contribution in [2.45, 2.75) is 76.4 Å². The number of nitrogens with zero attached hydrogens (tertiary/aromatic N) is 1. The zero-order valence-electron chi connectivity index (χ0n) is 15.2. The predicted octanol–water partition coefficient (Wildman–Crippen LogP) is 2.60. The molecule has 2 fully saturated rings. The Balaban J connectivity index is 1.78. The van der Waals surface area contributed by atoms with Gasteiger partial charge in [0.15, 0.2) is 5.11 Å². The summed E-state index contributed by atoms with van der Waals surface area (Å²) in [6, 6.07) is -0.336. The van der Waals surface area contributed by atoms with E-state index in [9.17, 15) is 14.7 Å². The van der Waals surface area contributed by atoms with E-state index in [1.807, 2.05) is 17.1 Å².